The summed E-state index contributed by atoms with van der Waals surface area (Å²) in [6, 6.07) is 30.4. The summed E-state index contributed by atoms with van der Waals surface area (Å²) in [6.45, 7) is 0.833. The summed E-state index contributed by atoms with van der Waals surface area (Å²) in [6.07, 6.45) is 3.63. The molecule has 0 saturated carbocycles. The summed E-state index contributed by atoms with van der Waals surface area (Å²) in [5.74, 6) is 1.70. The third-order valence-corrected chi connectivity index (χ3v) is 6.46. The van der Waals surface area contributed by atoms with E-state index in [0.29, 0.717) is 42.6 Å². The number of methoxy groups -OCH3 is 2. The summed E-state index contributed by atoms with van der Waals surface area (Å²) in [5, 5.41) is 8.01. The highest BCUT2D eigenvalue weighted by Gasteiger charge is 2.08. The first-order valence-electron chi connectivity index (χ1n) is 14.4. The zero-order valence-corrected chi connectivity index (χ0v) is 25.3. The Morgan fingerprint density at radius 3 is 1.42 bits per heavy atom. The molecule has 0 spiro atoms. The van der Waals surface area contributed by atoms with Gasteiger partial charge in [0.05, 0.1) is 26.6 Å². The molecule has 232 valence electrons. The molecule has 45 heavy (non-hydrogen) atoms. The molecule has 0 saturated heterocycles. The summed E-state index contributed by atoms with van der Waals surface area (Å²) in [4.78, 5) is 24.3. The van der Waals surface area contributed by atoms with Crippen LogP contribution in [0.3, 0.4) is 0 Å². The van der Waals surface area contributed by atoms with E-state index < -0.39 is 0 Å². The molecular formula is C35H36N4O6. The minimum Gasteiger partial charge on any atom is -0.493 e. The third-order valence-electron chi connectivity index (χ3n) is 6.46. The highest BCUT2D eigenvalue weighted by Crippen LogP contribution is 2.29. The maximum absolute atomic E-state index is 12.2. The van der Waals surface area contributed by atoms with Crippen LogP contribution in [0.15, 0.2) is 107 Å². The van der Waals surface area contributed by atoms with Crippen molar-refractivity contribution in [3.05, 3.63) is 119 Å². The van der Waals surface area contributed by atoms with E-state index in [1.165, 1.54) is 12.4 Å². The molecule has 0 aliphatic heterocycles. The van der Waals surface area contributed by atoms with Crippen LogP contribution in [0.1, 0.15) is 41.5 Å². The van der Waals surface area contributed by atoms with Gasteiger partial charge >= 0.3 is 0 Å². The molecule has 0 aliphatic rings. The van der Waals surface area contributed by atoms with Crippen molar-refractivity contribution in [1.29, 1.82) is 0 Å². The number of nitrogens with one attached hydrogen (secondary N) is 2. The van der Waals surface area contributed by atoms with E-state index in [9.17, 15) is 9.59 Å². The number of ether oxygens (including phenoxy) is 4. The maximum atomic E-state index is 12.2. The van der Waals surface area contributed by atoms with Crippen molar-refractivity contribution in [2.75, 3.05) is 14.2 Å². The van der Waals surface area contributed by atoms with Crippen LogP contribution in [-0.2, 0) is 22.8 Å². The zero-order valence-electron chi connectivity index (χ0n) is 25.3. The van der Waals surface area contributed by atoms with Gasteiger partial charge in [0.1, 0.15) is 13.2 Å². The Morgan fingerprint density at radius 2 is 1.02 bits per heavy atom. The molecule has 4 aromatic rings. The molecule has 10 heteroatoms. The van der Waals surface area contributed by atoms with Crippen molar-refractivity contribution in [1.82, 2.24) is 10.9 Å². The molecular weight excluding hydrogens is 572 g/mol. The van der Waals surface area contributed by atoms with Gasteiger partial charge in [-0.15, -0.1) is 0 Å². The second-order valence-corrected chi connectivity index (χ2v) is 9.81. The monoisotopic (exact) mass is 608 g/mol. The predicted molar refractivity (Wildman–Crippen MR) is 173 cm³/mol. The fourth-order valence-corrected chi connectivity index (χ4v) is 4.12. The van der Waals surface area contributed by atoms with E-state index in [2.05, 4.69) is 21.1 Å². The van der Waals surface area contributed by atoms with E-state index in [4.69, 9.17) is 18.9 Å². The molecule has 0 aliphatic carbocycles. The fourth-order valence-electron chi connectivity index (χ4n) is 4.12. The van der Waals surface area contributed by atoms with Crippen LogP contribution in [0.5, 0.6) is 23.0 Å². The number of nitrogens with zero attached hydrogens (tertiary/aromatic N) is 2. The Kier molecular flexibility index (Phi) is 12.5. The Morgan fingerprint density at radius 1 is 0.600 bits per heavy atom. The summed E-state index contributed by atoms with van der Waals surface area (Å²) >= 11 is 0. The SMILES string of the molecule is COc1cc(C=NNC(=O)CCCC(=O)NN=Cc2ccc(OCc3ccccc3)c(OC)c2)ccc1OCc1ccccc1. The van der Waals surface area contributed by atoms with Gasteiger partial charge in [-0.1, -0.05) is 60.7 Å². The largest absolute Gasteiger partial charge is 0.493 e. The van der Waals surface area contributed by atoms with Crippen LogP contribution in [0.2, 0.25) is 0 Å². The Balaban J connectivity index is 1.15. The minimum atomic E-state index is -0.306. The first-order valence-corrected chi connectivity index (χ1v) is 14.4. The number of hydrogen-bond acceptors (Lipinski definition) is 8. The molecule has 0 heterocycles. The average molecular weight is 609 g/mol. The van der Waals surface area contributed by atoms with Gasteiger partial charge in [-0.2, -0.15) is 10.2 Å². The molecule has 4 aromatic carbocycles. The zero-order chi connectivity index (χ0) is 31.7. The molecule has 2 N–H and O–H groups in total. The lowest BCUT2D eigenvalue weighted by Gasteiger charge is -2.11. The summed E-state index contributed by atoms with van der Waals surface area (Å²) < 4.78 is 22.6. The van der Waals surface area contributed by atoms with E-state index in [1.54, 1.807) is 38.5 Å². The lowest BCUT2D eigenvalue weighted by Crippen LogP contribution is -2.20. The Bertz CT molecular complexity index is 1470. The van der Waals surface area contributed by atoms with Gasteiger partial charge in [0.15, 0.2) is 23.0 Å². The summed E-state index contributed by atoms with van der Waals surface area (Å²) in [5.41, 5.74) is 8.50. The van der Waals surface area contributed by atoms with Crippen LogP contribution in [0.25, 0.3) is 0 Å². The molecule has 0 bridgehead atoms. The molecule has 0 fully saturated rings. The van der Waals surface area contributed by atoms with Crippen molar-refractivity contribution >= 4 is 24.2 Å². The number of benzene rings is 4. The van der Waals surface area contributed by atoms with Gasteiger partial charge in [0, 0.05) is 12.8 Å². The third kappa shape index (κ3) is 10.9. The highest BCUT2D eigenvalue weighted by molar-refractivity contribution is 5.84. The molecule has 10 nitrogen and oxygen atoms in total. The van der Waals surface area contributed by atoms with Gasteiger partial charge in [-0.25, -0.2) is 10.9 Å². The van der Waals surface area contributed by atoms with E-state index in [0.717, 1.165) is 22.3 Å². The first kappa shape index (κ1) is 32.3. The van der Waals surface area contributed by atoms with E-state index in [-0.39, 0.29) is 24.7 Å². The molecule has 0 unspecified atom stereocenters. The lowest BCUT2D eigenvalue weighted by molar-refractivity contribution is -0.122. The quantitative estimate of drug-likeness (QED) is 0.126. The molecule has 2 amide bonds. The van der Waals surface area contributed by atoms with E-state index >= 15 is 0 Å². The van der Waals surface area contributed by atoms with Crippen LogP contribution in [0.4, 0.5) is 0 Å². The van der Waals surface area contributed by atoms with Crippen molar-refractivity contribution < 1.29 is 28.5 Å². The average Bonchev–Trinajstić information content (AvgIpc) is 3.07. The summed E-state index contributed by atoms with van der Waals surface area (Å²) in [7, 11) is 3.12. The fraction of sp³-hybridized carbons (Fsp3) is 0.200. The van der Waals surface area contributed by atoms with Crippen LogP contribution in [-0.4, -0.2) is 38.5 Å². The van der Waals surface area contributed by atoms with Gasteiger partial charge < -0.3 is 18.9 Å². The second-order valence-electron chi connectivity index (χ2n) is 9.81. The Hall–Kier alpha value is -5.64. The van der Waals surface area contributed by atoms with Gasteiger partial charge in [-0.3, -0.25) is 9.59 Å². The highest BCUT2D eigenvalue weighted by atomic mass is 16.5. The van der Waals surface area contributed by atoms with Gasteiger partial charge in [-0.05, 0) is 65.1 Å². The normalized spacial score (nSPS) is 10.9. The number of amides is 2. The number of carbonyl (C=O) groups excluding carboxylic acids is 2. The minimum absolute atomic E-state index is 0.131. The van der Waals surface area contributed by atoms with Crippen molar-refractivity contribution in [2.45, 2.75) is 32.5 Å². The first-order chi connectivity index (χ1) is 22.0. The van der Waals surface area contributed by atoms with E-state index in [1.807, 2.05) is 72.8 Å². The molecule has 0 radical (unpaired) electrons. The van der Waals surface area contributed by atoms with Crippen LogP contribution in [0, 0.1) is 0 Å². The Labute approximate surface area is 262 Å². The molecule has 0 aromatic heterocycles. The topological polar surface area (TPSA) is 120 Å². The standard InChI is InChI=1S/C35H36N4O6/c1-42-32-20-28(16-18-30(32)44-24-26-10-5-3-6-11-26)22-36-38-34(40)14-9-15-35(41)39-37-23-29-17-19-31(33(21-29)43-2)45-25-27-12-7-4-8-13-27/h3-8,10-13,16-23H,9,14-15,24-25H2,1-2H3,(H,38,40)(H,39,41). The molecule has 4 rings (SSSR count). The number of carbonyl (C=O) groups is 2. The predicted octanol–water partition coefficient (Wildman–Crippen LogP) is 5.63. The number of hydrazone groups is 2. The van der Waals surface area contributed by atoms with Crippen LogP contribution < -0.4 is 29.8 Å². The number of rotatable bonds is 16. The maximum Gasteiger partial charge on any atom is 0.240 e. The lowest BCUT2D eigenvalue weighted by atomic mass is 10.2. The van der Waals surface area contributed by atoms with Crippen molar-refractivity contribution in [2.24, 2.45) is 10.2 Å². The number of hydrogen-bond donors (Lipinski definition) is 2. The van der Waals surface area contributed by atoms with Gasteiger partial charge in [0.2, 0.25) is 11.8 Å². The molecule has 0 atom stereocenters. The smallest absolute Gasteiger partial charge is 0.240 e. The van der Waals surface area contributed by atoms with Crippen molar-refractivity contribution in [3.8, 4) is 23.0 Å². The van der Waals surface area contributed by atoms with Gasteiger partial charge in [0.25, 0.3) is 0 Å². The van der Waals surface area contributed by atoms with Crippen LogP contribution >= 0.6 is 0 Å². The van der Waals surface area contributed by atoms with Crippen molar-refractivity contribution in [3.63, 3.8) is 0 Å². The second kappa shape index (κ2) is 17.5.